The van der Waals surface area contributed by atoms with E-state index in [0.717, 1.165) is 18.2 Å². The van der Waals surface area contributed by atoms with E-state index in [0.29, 0.717) is 17.2 Å². The van der Waals surface area contributed by atoms with Crippen LogP contribution in [0.3, 0.4) is 0 Å². The van der Waals surface area contributed by atoms with Crippen molar-refractivity contribution in [3.63, 3.8) is 0 Å². The van der Waals surface area contributed by atoms with E-state index in [2.05, 4.69) is 5.32 Å². The lowest BCUT2D eigenvalue weighted by Crippen LogP contribution is -2.32. The van der Waals surface area contributed by atoms with Gasteiger partial charge in [0.25, 0.3) is 5.91 Å². The molecule has 0 radical (unpaired) electrons. The second-order valence-corrected chi connectivity index (χ2v) is 5.02. The molecule has 1 heterocycles. The summed E-state index contributed by atoms with van der Waals surface area (Å²) in [4.78, 5) is 11.9. The Kier molecular flexibility index (Phi) is 2.91. The minimum atomic E-state index is -0.455. The number of anilines is 1. The van der Waals surface area contributed by atoms with Gasteiger partial charge in [0.15, 0.2) is 5.76 Å². The molecule has 4 N–H and O–H groups in total. The lowest BCUT2D eigenvalue weighted by molar-refractivity contribution is 0.0876. The highest BCUT2D eigenvalue weighted by molar-refractivity contribution is 5.96. The van der Waals surface area contributed by atoms with Gasteiger partial charge in [0.1, 0.15) is 5.58 Å². The zero-order valence-electron chi connectivity index (χ0n) is 10.4. The van der Waals surface area contributed by atoms with Gasteiger partial charge in [0.2, 0.25) is 0 Å². The number of nitrogen functional groups attached to an aromatic ring is 1. The molecule has 3 rings (SSSR count). The standard InChI is InChI=1S/C14H16N2O3/c15-10-3-4-12-9(5-10)6-13(19-12)14(18)16-7-11(17)8-1-2-8/h3-6,8,11,17H,1-2,7,15H2,(H,16,18). The van der Waals surface area contributed by atoms with Gasteiger partial charge in [-0.1, -0.05) is 0 Å². The van der Waals surface area contributed by atoms with Crippen molar-refractivity contribution in [1.82, 2.24) is 5.32 Å². The minimum Gasteiger partial charge on any atom is -0.451 e. The smallest absolute Gasteiger partial charge is 0.287 e. The number of furan rings is 1. The Labute approximate surface area is 110 Å². The van der Waals surface area contributed by atoms with Crippen LogP contribution >= 0.6 is 0 Å². The summed E-state index contributed by atoms with van der Waals surface area (Å²) in [5.41, 5.74) is 6.93. The quantitative estimate of drug-likeness (QED) is 0.727. The fourth-order valence-electron chi connectivity index (χ4n) is 2.11. The largest absolute Gasteiger partial charge is 0.451 e. The van der Waals surface area contributed by atoms with E-state index >= 15 is 0 Å². The number of aliphatic hydroxyl groups is 1. The molecule has 1 aromatic heterocycles. The monoisotopic (exact) mass is 260 g/mol. The number of benzene rings is 1. The van der Waals surface area contributed by atoms with Crippen LogP contribution in [0.2, 0.25) is 0 Å². The Morgan fingerprint density at radius 3 is 3.00 bits per heavy atom. The normalized spacial score (nSPS) is 16.5. The summed E-state index contributed by atoms with van der Waals surface area (Å²) in [6.07, 6.45) is 1.63. The van der Waals surface area contributed by atoms with E-state index in [9.17, 15) is 9.90 Å². The molecular weight excluding hydrogens is 244 g/mol. The molecule has 1 aliphatic rings. The summed E-state index contributed by atoms with van der Waals surface area (Å²) in [7, 11) is 0. The molecule has 0 bridgehead atoms. The fourth-order valence-corrected chi connectivity index (χ4v) is 2.11. The lowest BCUT2D eigenvalue weighted by Gasteiger charge is -2.09. The van der Waals surface area contributed by atoms with Crippen LogP contribution in [0.25, 0.3) is 11.0 Å². The summed E-state index contributed by atoms with van der Waals surface area (Å²) < 4.78 is 5.44. The first-order valence-corrected chi connectivity index (χ1v) is 6.39. The van der Waals surface area contributed by atoms with Gasteiger partial charge in [0, 0.05) is 17.6 Å². The van der Waals surface area contributed by atoms with Gasteiger partial charge in [0.05, 0.1) is 6.10 Å². The molecular formula is C14H16N2O3. The summed E-state index contributed by atoms with van der Waals surface area (Å²) >= 11 is 0. The average Bonchev–Trinajstić information content (AvgIpc) is 3.15. The maximum Gasteiger partial charge on any atom is 0.287 e. The highest BCUT2D eigenvalue weighted by Crippen LogP contribution is 2.32. The number of nitrogens with two attached hydrogens (primary N) is 1. The van der Waals surface area contributed by atoms with Crippen molar-refractivity contribution >= 4 is 22.6 Å². The maximum absolute atomic E-state index is 11.9. The molecule has 5 nitrogen and oxygen atoms in total. The van der Waals surface area contributed by atoms with E-state index < -0.39 is 6.10 Å². The number of rotatable bonds is 4. The lowest BCUT2D eigenvalue weighted by atomic mass is 10.2. The van der Waals surface area contributed by atoms with Gasteiger partial charge in [-0.25, -0.2) is 0 Å². The SMILES string of the molecule is Nc1ccc2oc(C(=O)NCC(O)C3CC3)cc2c1. The molecule has 0 aliphatic heterocycles. The Bertz CT molecular complexity index is 616. The number of carbonyl (C=O) groups excluding carboxylic acids is 1. The number of amides is 1. The molecule has 19 heavy (non-hydrogen) atoms. The zero-order chi connectivity index (χ0) is 13.4. The van der Waals surface area contributed by atoms with Gasteiger partial charge in [-0.15, -0.1) is 0 Å². The number of hydrogen-bond acceptors (Lipinski definition) is 4. The van der Waals surface area contributed by atoms with Crippen LogP contribution in [0.1, 0.15) is 23.4 Å². The van der Waals surface area contributed by atoms with Gasteiger partial charge >= 0.3 is 0 Å². The topological polar surface area (TPSA) is 88.5 Å². The molecule has 0 spiro atoms. The van der Waals surface area contributed by atoms with E-state index in [-0.39, 0.29) is 18.2 Å². The number of fused-ring (bicyclic) bond motifs is 1. The molecule has 100 valence electrons. The van der Waals surface area contributed by atoms with Crippen molar-refractivity contribution in [2.24, 2.45) is 5.92 Å². The van der Waals surface area contributed by atoms with Crippen LogP contribution < -0.4 is 11.1 Å². The van der Waals surface area contributed by atoms with Gasteiger partial charge < -0.3 is 20.6 Å². The molecule has 0 saturated heterocycles. The van der Waals surface area contributed by atoms with Crippen LogP contribution in [0.5, 0.6) is 0 Å². The maximum atomic E-state index is 11.9. The summed E-state index contributed by atoms with van der Waals surface area (Å²) in [5, 5.41) is 13.2. The summed E-state index contributed by atoms with van der Waals surface area (Å²) in [5.74, 6) is 0.272. The van der Waals surface area contributed by atoms with Crippen LogP contribution in [0.15, 0.2) is 28.7 Å². The Hall–Kier alpha value is -2.01. The third kappa shape index (κ3) is 2.56. The van der Waals surface area contributed by atoms with Gasteiger partial charge in [-0.3, -0.25) is 4.79 Å². The number of aliphatic hydroxyl groups excluding tert-OH is 1. The average molecular weight is 260 g/mol. The molecule has 1 fully saturated rings. The Balaban J connectivity index is 1.70. The second kappa shape index (κ2) is 4.59. The molecule has 1 atom stereocenters. The molecule has 1 amide bonds. The van der Waals surface area contributed by atoms with Crippen molar-refractivity contribution < 1.29 is 14.3 Å². The van der Waals surface area contributed by atoms with Crippen LogP contribution in [-0.2, 0) is 0 Å². The molecule has 2 aromatic rings. The number of carbonyl (C=O) groups is 1. The summed E-state index contributed by atoms with van der Waals surface area (Å²) in [6, 6.07) is 6.88. The summed E-state index contributed by atoms with van der Waals surface area (Å²) in [6.45, 7) is 0.267. The van der Waals surface area contributed by atoms with Crippen molar-refractivity contribution in [1.29, 1.82) is 0 Å². The molecule has 1 aromatic carbocycles. The third-order valence-corrected chi connectivity index (χ3v) is 3.40. The second-order valence-electron chi connectivity index (χ2n) is 5.02. The van der Waals surface area contributed by atoms with Crippen molar-refractivity contribution in [2.75, 3.05) is 12.3 Å². The van der Waals surface area contributed by atoms with E-state index in [1.807, 2.05) is 0 Å². The van der Waals surface area contributed by atoms with Crippen LogP contribution in [-0.4, -0.2) is 23.7 Å². The first kappa shape index (κ1) is 12.0. The van der Waals surface area contributed by atoms with Crippen molar-refractivity contribution in [3.8, 4) is 0 Å². The Morgan fingerprint density at radius 2 is 2.26 bits per heavy atom. The highest BCUT2D eigenvalue weighted by atomic mass is 16.3. The van der Waals surface area contributed by atoms with Crippen molar-refractivity contribution in [2.45, 2.75) is 18.9 Å². The van der Waals surface area contributed by atoms with Crippen LogP contribution in [0.4, 0.5) is 5.69 Å². The predicted molar refractivity (Wildman–Crippen MR) is 71.7 cm³/mol. The predicted octanol–water partition coefficient (Wildman–Crippen LogP) is 1.52. The van der Waals surface area contributed by atoms with Gasteiger partial charge in [-0.05, 0) is 43.0 Å². The zero-order valence-corrected chi connectivity index (χ0v) is 10.4. The van der Waals surface area contributed by atoms with E-state index in [4.69, 9.17) is 10.2 Å². The van der Waals surface area contributed by atoms with Gasteiger partial charge in [-0.2, -0.15) is 0 Å². The first-order valence-electron chi connectivity index (χ1n) is 6.39. The number of nitrogens with one attached hydrogen (secondary N) is 1. The molecule has 5 heteroatoms. The molecule has 1 saturated carbocycles. The fraction of sp³-hybridized carbons (Fsp3) is 0.357. The first-order chi connectivity index (χ1) is 9.13. The Morgan fingerprint density at radius 1 is 1.47 bits per heavy atom. The number of hydrogen-bond donors (Lipinski definition) is 3. The van der Waals surface area contributed by atoms with Crippen molar-refractivity contribution in [3.05, 3.63) is 30.0 Å². The van der Waals surface area contributed by atoms with E-state index in [1.54, 1.807) is 24.3 Å². The molecule has 1 unspecified atom stereocenters. The van der Waals surface area contributed by atoms with E-state index in [1.165, 1.54) is 0 Å². The molecule has 1 aliphatic carbocycles. The third-order valence-electron chi connectivity index (χ3n) is 3.40. The highest BCUT2D eigenvalue weighted by Gasteiger charge is 2.29. The minimum absolute atomic E-state index is 0.239. The van der Waals surface area contributed by atoms with Crippen LogP contribution in [0, 0.1) is 5.92 Å².